The van der Waals surface area contributed by atoms with Crippen LogP contribution in [-0.2, 0) is 0 Å². The Kier molecular flexibility index (Phi) is 2.31. The lowest BCUT2D eigenvalue weighted by atomic mass is 10.1. The molecule has 0 saturated heterocycles. The minimum Gasteiger partial charge on any atom is -0.290 e. The molecule has 0 atom stereocenters. The predicted molar refractivity (Wildman–Crippen MR) is 41.2 cm³/mol. The van der Waals surface area contributed by atoms with Gasteiger partial charge in [-0.1, -0.05) is 13.8 Å². The van der Waals surface area contributed by atoms with Crippen LogP contribution in [0.2, 0.25) is 0 Å². The maximum atomic E-state index is 11.2. The first-order valence-electron chi connectivity index (χ1n) is 3.53. The van der Waals surface area contributed by atoms with Crippen molar-refractivity contribution >= 4 is 5.78 Å². The van der Waals surface area contributed by atoms with Crippen LogP contribution in [0.3, 0.4) is 0 Å². The highest BCUT2D eigenvalue weighted by Gasteiger charge is 2.11. The number of rotatable bonds is 2. The highest BCUT2D eigenvalue weighted by Crippen LogP contribution is 2.00. The highest BCUT2D eigenvalue weighted by molar-refractivity contribution is 5.93. The second-order valence-electron chi connectivity index (χ2n) is 2.59. The lowest BCUT2D eigenvalue weighted by molar-refractivity contribution is 0.0929. The first-order chi connectivity index (χ1) is 5.22. The fourth-order valence-electron chi connectivity index (χ4n) is 0.685. The Morgan fingerprint density at radius 1 is 1.36 bits per heavy atom. The maximum Gasteiger partial charge on any atom is 0.202 e. The van der Waals surface area contributed by atoms with Crippen molar-refractivity contribution in [3.8, 4) is 0 Å². The largest absolute Gasteiger partial charge is 0.290 e. The van der Waals surface area contributed by atoms with E-state index in [-0.39, 0.29) is 11.7 Å². The van der Waals surface area contributed by atoms with Crippen LogP contribution in [0.1, 0.15) is 24.5 Å². The number of carbonyl (C=O) groups is 1. The number of Topliss-reactive ketones (excluding diaryl/α,β-unsaturated/α-hetero) is 1. The van der Waals surface area contributed by atoms with Gasteiger partial charge in [0, 0.05) is 18.3 Å². The van der Waals surface area contributed by atoms with Gasteiger partial charge in [-0.3, -0.25) is 4.79 Å². The molecule has 0 aliphatic rings. The zero-order chi connectivity index (χ0) is 8.27. The van der Waals surface area contributed by atoms with Gasteiger partial charge in [0.15, 0.2) is 5.82 Å². The molecule has 1 aromatic rings. The van der Waals surface area contributed by atoms with Crippen LogP contribution in [0.15, 0.2) is 18.5 Å². The Hall–Kier alpha value is -1.25. The molecule has 0 unspecified atom stereocenters. The van der Waals surface area contributed by atoms with Crippen molar-refractivity contribution in [2.75, 3.05) is 0 Å². The normalized spacial score (nSPS) is 10.1. The Morgan fingerprint density at radius 2 is 1.91 bits per heavy atom. The summed E-state index contributed by atoms with van der Waals surface area (Å²) in [4.78, 5) is 18.9. The molecule has 0 aliphatic heterocycles. The van der Waals surface area contributed by atoms with Crippen LogP contribution in [-0.4, -0.2) is 15.8 Å². The summed E-state index contributed by atoms with van der Waals surface area (Å²) in [7, 11) is 0. The molecule has 0 spiro atoms. The van der Waals surface area contributed by atoms with Crippen molar-refractivity contribution in [3.63, 3.8) is 0 Å². The molecule has 3 nitrogen and oxygen atoms in total. The Balaban J connectivity index is 2.86. The molecule has 1 aromatic heterocycles. The Bertz CT molecular complexity index is 244. The third kappa shape index (κ3) is 1.83. The molecule has 1 rings (SSSR count). The fraction of sp³-hybridized carbons (Fsp3) is 0.375. The van der Waals surface area contributed by atoms with Crippen molar-refractivity contribution < 1.29 is 4.79 Å². The van der Waals surface area contributed by atoms with E-state index in [1.165, 1.54) is 0 Å². The molecule has 0 amide bonds. The van der Waals surface area contributed by atoms with Gasteiger partial charge in [-0.05, 0) is 6.07 Å². The summed E-state index contributed by atoms with van der Waals surface area (Å²) in [6, 6.07) is 1.69. The molecule has 0 aliphatic carbocycles. The van der Waals surface area contributed by atoms with Gasteiger partial charge in [0.25, 0.3) is 0 Å². The van der Waals surface area contributed by atoms with E-state index >= 15 is 0 Å². The smallest absolute Gasteiger partial charge is 0.202 e. The first kappa shape index (κ1) is 7.85. The molecule has 0 N–H and O–H groups in total. The van der Waals surface area contributed by atoms with Crippen molar-refractivity contribution in [2.45, 2.75) is 13.8 Å². The van der Waals surface area contributed by atoms with E-state index in [1.54, 1.807) is 18.5 Å². The molecule has 0 aromatic carbocycles. The Morgan fingerprint density at radius 3 is 2.36 bits per heavy atom. The third-order valence-electron chi connectivity index (χ3n) is 1.31. The number of aromatic nitrogens is 2. The molecule has 0 saturated carbocycles. The minimum absolute atomic E-state index is 0.00870. The second kappa shape index (κ2) is 3.23. The van der Waals surface area contributed by atoms with Crippen molar-refractivity contribution in [2.24, 2.45) is 5.92 Å². The van der Waals surface area contributed by atoms with E-state index in [2.05, 4.69) is 9.97 Å². The average Bonchev–Trinajstić information content (AvgIpc) is 2.05. The van der Waals surface area contributed by atoms with Crippen molar-refractivity contribution in [1.82, 2.24) is 9.97 Å². The topological polar surface area (TPSA) is 42.9 Å². The van der Waals surface area contributed by atoms with Gasteiger partial charge in [-0.25, -0.2) is 9.97 Å². The van der Waals surface area contributed by atoms with Crippen LogP contribution < -0.4 is 0 Å². The van der Waals surface area contributed by atoms with Gasteiger partial charge in [0.2, 0.25) is 5.78 Å². The molecule has 11 heavy (non-hydrogen) atoms. The fourth-order valence-corrected chi connectivity index (χ4v) is 0.685. The van der Waals surface area contributed by atoms with Gasteiger partial charge in [0.05, 0.1) is 0 Å². The quantitative estimate of drug-likeness (QED) is 0.597. The lowest BCUT2D eigenvalue weighted by Crippen LogP contribution is -2.11. The zero-order valence-electron chi connectivity index (χ0n) is 6.61. The number of carbonyl (C=O) groups excluding carboxylic acids is 1. The van der Waals surface area contributed by atoms with E-state index in [0.717, 1.165) is 0 Å². The summed E-state index contributed by atoms with van der Waals surface area (Å²) in [6.07, 6.45) is 3.14. The van der Waals surface area contributed by atoms with E-state index in [9.17, 15) is 4.79 Å². The maximum absolute atomic E-state index is 11.2. The van der Waals surface area contributed by atoms with Crippen LogP contribution in [0.25, 0.3) is 0 Å². The molecule has 0 radical (unpaired) electrons. The second-order valence-corrected chi connectivity index (χ2v) is 2.59. The molecule has 1 heterocycles. The highest BCUT2D eigenvalue weighted by atomic mass is 16.1. The number of nitrogens with zero attached hydrogens (tertiary/aromatic N) is 2. The SMILES string of the molecule is CC(C)C(=O)c1ncccn1. The van der Waals surface area contributed by atoms with Gasteiger partial charge in [-0.2, -0.15) is 0 Å². The average molecular weight is 150 g/mol. The molecule has 0 fully saturated rings. The van der Waals surface area contributed by atoms with Gasteiger partial charge in [0.1, 0.15) is 0 Å². The molecular weight excluding hydrogens is 140 g/mol. The standard InChI is InChI=1S/C8H10N2O/c1-6(2)7(11)8-9-4-3-5-10-8/h3-6H,1-2H3. The van der Waals surface area contributed by atoms with Crippen molar-refractivity contribution in [3.05, 3.63) is 24.3 Å². The van der Waals surface area contributed by atoms with Crippen LogP contribution in [0.5, 0.6) is 0 Å². The van der Waals surface area contributed by atoms with Crippen LogP contribution in [0, 0.1) is 5.92 Å². The summed E-state index contributed by atoms with van der Waals surface area (Å²) in [5.74, 6) is 0.269. The number of ketones is 1. The van der Waals surface area contributed by atoms with Crippen molar-refractivity contribution in [1.29, 1.82) is 0 Å². The summed E-state index contributed by atoms with van der Waals surface area (Å²) in [5, 5.41) is 0. The molecule has 0 bridgehead atoms. The van der Waals surface area contributed by atoms with Crippen LogP contribution >= 0.6 is 0 Å². The summed E-state index contributed by atoms with van der Waals surface area (Å²) in [5.41, 5.74) is 0. The third-order valence-corrected chi connectivity index (χ3v) is 1.31. The van der Waals surface area contributed by atoms with Gasteiger partial charge in [-0.15, -0.1) is 0 Å². The van der Waals surface area contributed by atoms with E-state index < -0.39 is 0 Å². The number of hydrogen-bond acceptors (Lipinski definition) is 3. The van der Waals surface area contributed by atoms with Gasteiger partial charge >= 0.3 is 0 Å². The predicted octanol–water partition coefficient (Wildman–Crippen LogP) is 1.32. The van der Waals surface area contributed by atoms with E-state index in [0.29, 0.717) is 5.82 Å². The lowest BCUT2D eigenvalue weighted by Gasteiger charge is -1.99. The van der Waals surface area contributed by atoms with Crippen LogP contribution in [0.4, 0.5) is 0 Å². The number of hydrogen-bond donors (Lipinski definition) is 0. The zero-order valence-corrected chi connectivity index (χ0v) is 6.61. The van der Waals surface area contributed by atoms with E-state index in [4.69, 9.17) is 0 Å². The van der Waals surface area contributed by atoms with Gasteiger partial charge < -0.3 is 0 Å². The molecular formula is C8H10N2O. The minimum atomic E-state index is -0.0302. The summed E-state index contributed by atoms with van der Waals surface area (Å²) in [6.45, 7) is 3.66. The summed E-state index contributed by atoms with van der Waals surface area (Å²) >= 11 is 0. The molecule has 3 heteroatoms. The monoisotopic (exact) mass is 150 g/mol. The van der Waals surface area contributed by atoms with E-state index in [1.807, 2.05) is 13.8 Å². The summed E-state index contributed by atoms with van der Waals surface area (Å²) < 4.78 is 0. The Labute approximate surface area is 65.5 Å². The first-order valence-corrected chi connectivity index (χ1v) is 3.53. The molecule has 58 valence electrons.